The average molecular weight is 805 g/mol. The maximum atomic E-state index is 2.45. The zero-order valence-electron chi connectivity index (χ0n) is 32.9. The van der Waals surface area contributed by atoms with Crippen LogP contribution < -0.4 is 0 Å². The van der Waals surface area contributed by atoms with E-state index in [4.69, 9.17) is 0 Å². The molecule has 0 atom stereocenters. The molecule has 0 radical (unpaired) electrons. The molecule has 0 amide bonds. The Hall–Kier alpha value is -3.80. The van der Waals surface area contributed by atoms with E-state index in [1.807, 2.05) is 45.3 Å². The number of unbranched alkanes of at least 4 members (excludes halogenated alkanes) is 10. The standard InChI is InChI=1S/2C26H26S2/c2*1-2-3-4-5-6-7-10-18-13-14-21-23(15-18)27-26-22-16-19-11-8-9-12-20(19)17-24(22)28-25(21)26/h2*8-9,11-17H,2-7,10H2,1H3. The molecule has 0 saturated heterocycles. The van der Waals surface area contributed by atoms with Gasteiger partial charge in [-0.25, -0.2) is 0 Å². The Bertz CT molecular complexity index is 2710. The van der Waals surface area contributed by atoms with Crippen molar-refractivity contribution in [2.75, 3.05) is 0 Å². The molecule has 0 bridgehead atoms. The molecule has 284 valence electrons. The fraction of sp³-hybridized carbons (Fsp3) is 0.308. The van der Waals surface area contributed by atoms with Crippen molar-refractivity contribution in [2.45, 2.75) is 104 Å². The summed E-state index contributed by atoms with van der Waals surface area (Å²) in [5.74, 6) is 0. The molecule has 6 aromatic carbocycles. The lowest BCUT2D eigenvalue weighted by Gasteiger charge is -2.02. The van der Waals surface area contributed by atoms with Gasteiger partial charge >= 0.3 is 0 Å². The summed E-state index contributed by atoms with van der Waals surface area (Å²) in [6.45, 7) is 4.57. The monoisotopic (exact) mass is 804 g/mol. The average Bonchev–Trinajstić information content (AvgIpc) is 3.96. The number of aryl methyl sites for hydroxylation is 2. The molecule has 56 heavy (non-hydrogen) atoms. The molecule has 0 aliphatic rings. The predicted molar refractivity (Wildman–Crippen MR) is 259 cm³/mol. The van der Waals surface area contributed by atoms with Gasteiger partial charge in [-0.05, 0) is 94.8 Å². The molecular formula is C52H52S4. The van der Waals surface area contributed by atoms with Gasteiger partial charge in [0.25, 0.3) is 0 Å². The van der Waals surface area contributed by atoms with Crippen LogP contribution in [-0.4, -0.2) is 0 Å². The summed E-state index contributed by atoms with van der Waals surface area (Å²) in [5.41, 5.74) is 3.01. The van der Waals surface area contributed by atoms with Gasteiger partial charge < -0.3 is 0 Å². The summed E-state index contributed by atoms with van der Waals surface area (Å²) in [5, 5.41) is 11.1. The highest BCUT2D eigenvalue weighted by molar-refractivity contribution is 7.37. The van der Waals surface area contributed by atoms with Crippen molar-refractivity contribution in [3.63, 3.8) is 0 Å². The van der Waals surface area contributed by atoms with Crippen molar-refractivity contribution in [3.8, 4) is 0 Å². The first-order valence-electron chi connectivity index (χ1n) is 21.2. The summed E-state index contributed by atoms with van der Waals surface area (Å²) in [4.78, 5) is 0. The highest BCUT2D eigenvalue weighted by Gasteiger charge is 2.15. The Morgan fingerprint density at radius 2 is 0.661 bits per heavy atom. The molecule has 4 heterocycles. The molecule has 0 spiro atoms. The molecule has 0 aliphatic carbocycles. The van der Waals surface area contributed by atoms with Crippen molar-refractivity contribution in [1.29, 1.82) is 0 Å². The molecule has 0 fully saturated rings. The molecular weight excluding hydrogens is 753 g/mol. The largest absolute Gasteiger partial charge is 0.134 e. The second kappa shape index (κ2) is 17.4. The highest BCUT2D eigenvalue weighted by Crippen LogP contribution is 2.47. The van der Waals surface area contributed by atoms with E-state index in [1.165, 1.54) is 182 Å². The van der Waals surface area contributed by atoms with Gasteiger partial charge in [0, 0.05) is 40.3 Å². The Balaban J connectivity index is 0.000000146. The maximum absolute atomic E-state index is 2.45. The predicted octanol–water partition coefficient (Wildman–Crippen LogP) is 18.7. The van der Waals surface area contributed by atoms with Gasteiger partial charge in [0.05, 0.1) is 18.8 Å². The van der Waals surface area contributed by atoms with Gasteiger partial charge in [0.2, 0.25) is 0 Å². The van der Waals surface area contributed by atoms with Gasteiger partial charge in [0.15, 0.2) is 0 Å². The smallest absolute Gasteiger partial charge is 0.0542 e. The van der Waals surface area contributed by atoms with Crippen molar-refractivity contribution >= 4 is 126 Å². The van der Waals surface area contributed by atoms with E-state index in [-0.39, 0.29) is 0 Å². The van der Waals surface area contributed by atoms with Crippen LogP contribution >= 0.6 is 45.3 Å². The minimum atomic E-state index is 1.22. The van der Waals surface area contributed by atoms with Crippen LogP contribution in [0.5, 0.6) is 0 Å². The van der Waals surface area contributed by atoms with Crippen LogP contribution in [0.3, 0.4) is 0 Å². The van der Waals surface area contributed by atoms with E-state index in [0.29, 0.717) is 0 Å². The SMILES string of the molecule is CCCCCCCCc1ccc2c(c1)sc1c3cc4ccccc4cc3sc21.CCCCCCCCc1ccc2c(c1)sc1c3cc4ccccc4cc3sc21. The van der Waals surface area contributed by atoms with Crippen molar-refractivity contribution in [2.24, 2.45) is 0 Å². The van der Waals surface area contributed by atoms with Gasteiger partial charge in [-0.15, -0.1) is 45.3 Å². The summed E-state index contributed by atoms with van der Waals surface area (Å²) in [7, 11) is 0. The van der Waals surface area contributed by atoms with Crippen LogP contribution in [0.4, 0.5) is 0 Å². The Morgan fingerprint density at radius 1 is 0.321 bits per heavy atom. The van der Waals surface area contributed by atoms with Gasteiger partial charge in [-0.1, -0.05) is 151 Å². The van der Waals surface area contributed by atoms with Gasteiger partial charge in [0.1, 0.15) is 0 Å². The van der Waals surface area contributed by atoms with E-state index >= 15 is 0 Å². The Labute approximate surface area is 347 Å². The van der Waals surface area contributed by atoms with Crippen LogP contribution in [-0.2, 0) is 12.8 Å². The lowest BCUT2D eigenvalue weighted by molar-refractivity contribution is 0.607. The number of hydrogen-bond acceptors (Lipinski definition) is 4. The van der Waals surface area contributed by atoms with E-state index in [9.17, 15) is 0 Å². The molecule has 0 nitrogen and oxygen atoms in total. The minimum absolute atomic E-state index is 1.22. The first-order valence-corrected chi connectivity index (χ1v) is 24.5. The van der Waals surface area contributed by atoms with Crippen LogP contribution in [0, 0.1) is 0 Å². The van der Waals surface area contributed by atoms with Crippen LogP contribution in [0.15, 0.2) is 109 Å². The number of benzene rings is 6. The van der Waals surface area contributed by atoms with E-state index < -0.39 is 0 Å². The number of hydrogen-bond donors (Lipinski definition) is 0. The summed E-state index contributed by atoms with van der Waals surface area (Å²) in [6, 6.07) is 41.3. The van der Waals surface area contributed by atoms with Gasteiger partial charge in [-0.2, -0.15) is 0 Å². The quantitative estimate of drug-likeness (QED) is 0.0961. The summed E-state index contributed by atoms with van der Waals surface area (Å²) >= 11 is 7.88. The second-order valence-electron chi connectivity index (χ2n) is 15.8. The molecule has 10 rings (SSSR count). The number of thiophene rings is 4. The molecule has 0 unspecified atom stereocenters. The van der Waals surface area contributed by atoms with Gasteiger partial charge in [-0.3, -0.25) is 0 Å². The van der Waals surface area contributed by atoms with E-state index in [0.717, 1.165) is 0 Å². The third kappa shape index (κ3) is 7.88. The zero-order valence-corrected chi connectivity index (χ0v) is 36.2. The first-order chi connectivity index (χ1) is 27.7. The van der Waals surface area contributed by atoms with E-state index in [1.54, 1.807) is 0 Å². The fourth-order valence-corrected chi connectivity index (χ4v) is 14.0. The molecule has 0 N–H and O–H groups in total. The van der Waals surface area contributed by atoms with Crippen molar-refractivity contribution in [1.82, 2.24) is 0 Å². The Kier molecular flexibility index (Phi) is 11.7. The highest BCUT2D eigenvalue weighted by atomic mass is 32.1. The molecule has 10 aromatic rings. The van der Waals surface area contributed by atoms with Crippen LogP contribution in [0.2, 0.25) is 0 Å². The topological polar surface area (TPSA) is 0 Å². The number of fused-ring (bicyclic) bond motifs is 12. The molecule has 0 aliphatic heterocycles. The summed E-state index contributed by atoms with van der Waals surface area (Å²) < 4.78 is 11.6. The van der Waals surface area contributed by atoms with E-state index in [2.05, 4.69) is 123 Å². The zero-order chi connectivity index (χ0) is 37.8. The lowest BCUT2D eigenvalue weighted by Crippen LogP contribution is -1.85. The summed E-state index contributed by atoms with van der Waals surface area (Å²) in [6.07, 6.45) is 18.9. The normalized spacial score (nSPS) is 12.0. The Morgan fingerprint density at radius 3 is 1.07 bits per heavy atom. The minimum Gasteiger partial charge on any atom is -0.134 e. The van der Waals surface area contributed by atoms with Crippen LogP contribution in [0.25, 0.3) is 80.7 Å². The first kappa shape index (κ1) is 37.8. The fourth-order valence-electron chi connectivity index (χ4n) is 8.50. The molecule has 0 saturated carbocycles. The maximum Gasteiger partial charge on any atom is 0.0542 e. The lowest BCUT2D eigenvalue weighted by atomic mass is 10.0. The van der Waals surface area contributed by atoms with Crippen LogP contribution in [0.1, 0.15) is 102 Å². The number of rotatable bonds is 14. The molecule has 4 heteroatoms. The van der Waals surface area contributed by atoms with Crippen molar-refractivity contribution < 1.29 is 0 Å². The molecule has 4 aromatic heterocycles. The second-order valence-corrected chi connectivity index (χ2v) is 20.0. The third-order valence-electron chi connectivity index (χ3n) is 11.7. The third-order valence-corrected chi connectivity index (χ3v) is 16.7. The van der Waals surface area contributed by atoms with Crippen molar-refractivity contribution in [3.05, 3.63) is 120 Å².